The van der Waals surface area contributed by atoms with E-state index in [1.807, 2.05) is 19.1 Å². The molecule has 0 saturated carbocycles. The number of phenols is 1. The predicted molar refractivity (Wildman–Crippen MR) is 64.2 cm³/mol. The van der Waals surface area contributed by atoms with Crippen molar-refractivity contribution in [2.24, 2.45) is 0 Å². The summed E-state index contributed by atoms with van der Waals surface area (Å²) in [5.74, 6) is 0.204. The number of carbonyl (C=O) groups excluding carboxylic acids is 1. The average molecular weight is 228 g/mol. The summed E-state index contributed by atoms with van der Waals surface area (Å²) in [5.41, 5.74) is 1.44. The zero-order valence-electron chi connectivity index (χ0n) is 9.38. The number of benzene rings is 2. The van der Waals surface area contributed by atoms with Gasteiger partial charge in [-0.3, -0.25) is 0 Å². The molecular weight excluding hydrogens is 216 g/mol. The zero-order chi connectivity index (χ0) is 12.3. The summed E-state index contributed by atoms with van der Waals surface area (Å²) < 4.78 is 5.20. The van der Waals surface area contributed by atoms with Gasteiger partial charge in [0.2, 0.25) is 0 Å². The second-order valence-corrected chi connectivity index (χ2v) is 3.75. The third-order valence-electron chi connectivity index (χ3n) is 2.30. The van der Waals surface area contributed by atoms with Crippen LogP contribution in [-0.4, -0.2) is 11.1 Å². The molecule has 0 aliphatic heterocycles. The molecule has 0 heterocycles. The number of esters is 1. The van der Waals surface area contributed by atoms with Gasteiger partial charge in [-0.25, -0.2) is 4.79 Å². The third kappa shape index (κ3) is 2.84. The van der Waals surface area contributed by atoms with E-state index < -0.39 is 5.97 Å². The lowest BCUT2D eigenvalue weighted by Crippen LogP contribution is -2.08. The van der Waals surface area contributed by atoms with E-state index in [2.05, 4.69) is 0 Å². The summed E-state index contributed by atoms with van der Waals surface area (Å²) in [7, 11) is 0. The van der Waals surface area contributed by atoms with Crippen molar-refractivity contribution in [1.29, 1.82) is 0 Å². The minimum absolute atomic E-state index is 0.122. The molecule has 0 radical (unpaired) electrons. The number of ether oxygens (including phenoxy) is 1. The molecular formula is C14H12O3. The molecule has 0 atom stereocenters. The molecule has 0 fully saturated rings. The maximum absolute atomic E-state index is 11.7. The van der Waals surface area contributed by atoms with Crippen molar-refractivity contribution in [3.63, 3.8) is 0 Å². The van der Waals surface area contributed by atoms with Gasteiger partial charge in [-0.05, 0) is 48.9 Å². The topological polar surface area (TPSA) is 46.5 Å². The predicted octanol–water partition coefficient (Wildman–Crippen LogP) is 2.92. The standard InChI is InChI=1S/C14H12O3/c1-10-3-2-4-13(9-10)17-14(16)11-5-7-12(15)8-6-11/h2-9,15H,1H3. The molecule has 0 saturated heterocycles. The number of rotatable bonds is 2. The Balaban J connectivity index is 2.14. The lowest BCUT2D eigenvalue weighted by molar-refractivity contribution is 0.0734. The summed E-state index contributed by atoms with van der Waals surface area (Å²) >= 11 is 0. The molecule has 0 aliphatic rings. The van der Waals surface area contributed by atoms with E-state index in [-0.39, 0.29) is 5.75 Å². The Morgan fingerprint density at radius 2 is 1.82 bits per heavy atom. The van der Waals surface area contributed by atoms with Crippen LogP contribution in [-0.2, 0) is 0 Å². The molecule has 0 spiro atoms. The van der Waals surface area contributed by atoms with Gasteiger partial charge in [-0.2, -0.15) is 0 Å². The highest BCUT2D eigenvalue weighted by Crippen LogP contribution is 2.16. The van der Waals surface area contributed by atoms with Crippen LogP contribution in [0.1, 0.15) is 15.9 Å². The average Bonchev–Trinajstić information content (AvgIpc) is 2.29. The summed E-state index contributed by atoms with van der Waals surface area (Å²) in [6.45, 7) is 1.93. The number of aryl methyl sites for hydroxylation is 1. The Morgan fingerprint density at radius 1 is 1.12 bits per heavy atom. The Bertz CT molecular complexity index is 529. The lowest BCUT2D eigenvalue weighted by Gasteiger charge is -2.04. The zero-order valence-corrected chi connectivity index (χ0v) is 9.38. The second-order valence-electron chi connectivity index (χ2n) is 3.75. The Labute approximate surface area is 99.3 Å². The van der Waals surface area contributed by atoms with E-state index >= 15 is 0 Å². The highest BCUT2D eigenvalue weighted by atomic mass is 16.5. The van der Waals surface area contributed by atoms with Crippen molar-refractivity contribution in [1.82, 2.24) is 0 Å². The first-order valence-electron chi connectivity index (χ1n) is 5.23. The van der Waals surface area contributed by atoms with Crippen LogP contribution in [0.5, 0.6) is 11.5 Å². The lowest BCUT2D eigenvalue weighted by atomic mass is 10.2. The fourth-order valence-electron chi connectivity index (χ4n) is 1.44. The third-order valence-corrected chi connectivity index (χ3v) is 2.30. The number of hydrogen-bond acceptors (Lipinski definition) is 3. The van der Waals surface area contributed by atoms with Gasteiger partial charge in [0.15, 0.2) is 0 Å². The summed E-state index contributed by atoms with van der Waals surface area (Å²) in [6.07, 6.45) is 0. The summed E-state index contributed by atoms with van der Waals surface area (Å²) in [6, 6.07) is 13.2. The minimum Gasteiger partial charge on any atom is -0.508 e. The van der Waals surface area contributed by atoms with Crippen molar-refractivity contribution in [3.05, 3.63) is 59.7 Å². The van der Waals surface area contributed by atoms with Crippen LogP contribution >= 0.6 is 0 Å². The first kappa shape index (κ1) is 11.2. The van der Waals surface area contributed by atoms with Crippen LogP contribution in [0.25, 0.3) is 0 Å². The molecule has 3 heteroatoms. The Hall–Kier alpha value is -2.29. The summed E-state index contributed by atoms with van der Waals surface area (Å²) in [4.78, 5) is 11.7. The van der Waals surface area contributed by atoms with E-state index in [4.69, 9.17) is 9.84 Å². The van der Waals surface area contributed by atoms with Crippen LogP contribution in [0.15, 0.2) is 48.5 Å². The van der Waals surface area contributed by atoms with E-state index in [0.717, 1.165) is 5.56 Å². The molecule has 17 heavy (non-hydrogen) atoms. The van der Waals surface area contributed by atoms with Gasteiger partial charge in [0.25, 0.3) is 0 Å². The van der Waals surface area contributed by atoms with Crippen LogP contribution < -0.4 is 4.74 Å². The van der Waals surface area contributed by atoms with E-state index in [1.165, 1.54) is 24.3 Å². The van der Waals surface area contributed by atoms with Crippen molar-refractivity contribution >= 4 is 5.97 Å². The van der Waals surface area contributed by atoms with E-state index in [1.54, 1.807) is 12.1 Å². The molecule has 2 aromatic carbocycles. The largest absolute Gasteiger partial charge is 0.508 e. The Kier molecular flexibility index (Phi) is 3.10. The van der Waals surface area contributed by atoms with Gasteiger partial charge in [0.05, 0.1) is 5.56 Å². The molecule has 0 aromatic heterocycles. The maximum atomic E-state index is 11.7. The second kappa shape index (κ2) is 4.70. The molecule has 2 rings (SSSR count). The van der Waals surface area contributed by atoms with Crippen LogP contribution in [0.4, 0.5) is 0 Å². The molecule has 1 N–H and O–H groups in total. The Morgan fingerprint density at radius 3 is 2.47 bits per heavy atom. The SMILES string of the molecule is Cc1cccc(OC(=O)c2ccc(O)cc2)c1. The molecule has 0 aliphatic carbocycles. The minimum atomic E-state index is -0.435. The molecule has 2 aromatic rings. The van der Waals surface area contributed by atoms with Crippen LogP contribution in [0, 0.1) is 6.92 Å². The fourth-order valence-corrected chi connectivity index (χ4v) is 1.44. The van der Waals surface area contributed by atoms with Gasteiger partial charge in [-0.1, -0.05) is 12.1 Å². The number of hydrogen-bond donors (Lipinski definition) is 1. The van der Waals surface area contributed by atoms with Crippen LogP contribution in [0.3, 0.4) is 0 Å². The quantitative estimate of drug-likeness (QED) is 0.635. The van der Waals surface area contributed by atoms with Crippen molar-refractivity contribution in [2.45, 2.75) is 6.92 Å². The van der Waals surface area contributed by atoms with E-state index in [9.17, 15) is 4.79 Å². The van der Waals surface area contributed by atoms with Crippen molar-refractivity contribution in [2.75, 3.05) is 0 Å². The highest BCUT2D eigenvalue weighted by Gasteiger charge is 2.08. The fraction of sp³-hybridized carbons (Fsp3) is 0.0714. The number of carbonyl (C=O) groups is 1. The molecule has 86 valence electrons. The normalized spacial score (nSPS) is 9.94. The van der Waals surface area contributed by atoms with Gasteiger partial charge < -0.3 is 9.84 Å². The smallest absolute Gasteiger partial charge is 0.343 e. The number of aromatic hydroxyl groups is 1. The molecule has 0 amide bonds. The summed E-state index contributed by atoms with van der Waals surface area (Å²) in [5, 5.41) is 9.11. The van der Waals surface area contributed by atoms with Gasteiger partial charge in [-0.15, -0.1) is 0 Å². The van der Waals surface area contributed by atoms with Crippen LogP contribution in [0.2, 0.25) is 0 Å². The van der Waals surface area contributed by atoms with Gasteiger partial charge >= 0.3 is 5.97 Å². The first-order chi connectivity index (χ1) is 8.15. The highest BCUT2D eigenvalue weighted by molar-refractivity contribution is 5.91. The monoisotopic (exact) mass is 228 g/mol. The maximum Gasteiger partial charge on any atom is 0.343 e. The van der Waals surface area contributed by atoms with E-state index in [0.29, 0.717) is 11.3 Å². The number of phenolic OH excluding ortho intramolecular Hbond substituents is 1. The molecule has 0 bridgehead atoms. The van der Waals surface area contributed by atoms with Crippen molar-refractivity contribution in [3.8, 4) is 11.5 Å². The first-order valence-corrected chi connectivity index (χ1v) is 5.23. The van der Waals surface area contributed by atoms with Gasteiger partial charge in [0, 0.05) is 0 Å². The molecule has 0 unspecified atom stereocenters. The molecule has 3 nitrogen and oxygen atoms in total. The van der Waals surface area contributed by atoms with Crippen molar-refractivity contribution < 1.29 is 14.6 Å². The van der Waals surface area contributed by atoms with Gasteiger partial charge in [0.1, 0.15) is 11.5 Å².